The zero-order valence-electron chi connectivity index (χ0n) is 77.9. The van der Waals surface area contributed by atoms with Gasteiger partial charge in [-0.15, -0.1) is 40.8 Å². The van der Waals surface area contributed by atoms with Crippen molar-refractivity contribution in [2.24, 2.45) is 0 Å². The number of ketones is 1. The third-order valence-corrected chi connectivity index (χ3v) is 20.7. The topological polar surface area (TPSA) is 544 Å². The smallest absolute Gasteiger partial charge is 0.426 e. The number of carbonyl (C=O) groups excluding carboxylic acids is 4. The van der Waals surface area contributed by atoms with E-state index in [0.717, 1.165) is 0 Å². The molecule has 8 aromatic rings. The van der Waals surface area contributed by atoms with Crippen molar-refractivity contribution in [2.75, 3.05) is 21.7 Å². The minimum atomic E-state index is -5.32. The molecule has 4 aliphatic rings. The van der Waals surface area contributed by atoms with Crippen molar-refractivity contribution in [3.05, 3.63) is 70.1 Å². The van der Waals surface area contributed by atoms with E-state index in [9.17, 15) is 160 Å². The number of carbonyl (C=O) groups is 4. The van der Waals surface area contributed by atoms with Crippen molar-refractivity contribution in [3.63, 3.8) is 0 Å². The van der Waals surface area contributed by atoms with E-state index in [1.54, 1.807) is 0 Å². The quantitative estimate of drug-likeness (QED) is 0.0578. The van der Waals surface area contributed by atoms with Crippen LogP contribution in [0.4, 0.5) is 143 Å². The number of nitrogen functional groups attached to an aromatic ring is 1. The minimum Gasteiger partial charge on any atom is -0.474 e. The Morgan fingerprint density at radius 1 is 0.359 bits per heavy atom. The van der Waals surface area contributed by atoms with E-state index < -0.39 is 339 Å². The highest BCUT2D eigenvalue weighted by atomic mass is 19.4. The first kappa shape index (κ1) is 116. The molecule has 16 bridgehead atoms. The summed E-state index contributed by atoms with van der Waals surface area (Å²) >= 11 is 0. The molecule has 12 rings (SSSR count). The van der Waals surface area contributed by atoms with Crippen LogP contribution in [0.1, 0.15) is 239 Å². The number of anilines is 4. The lowest BCUT2D eigenvalue weighted by Crippen LogP contribution is -2.42. The van der Waals surface area contributed by atoms with Gasteiger partial charge in [-0.05, 0) is 185 Å². The average molecular weight is 2120 g/mol. The zero-order valence-corrected chi connectivity index (χ0v) is 77.9. The fraction of sp³-hybridized carbons (Fsp3) is 0.614. The van der Waals surface area contributed by atoms with Gasteiger partial charge in [-0.1, -0.05) is 0 Å². The van der Waals surface area contributed by atoms with Crippen molar-refractivity contribution in [1.82, 2.24) is 60.7 Å². The highest BCUT2D eigenvalue weighted by Gasteiger charge is 2.63. The van der Waals surface area contributed by atoms with Crippen LogP contribution in [0.3, 0.4) is 0 Å². The lowest BCUT2D eigenvalue weighted by Gasteiger charge is -2.27. The lowest BCUT2D eigenvalue weighted by molar-refractivity contribution is -0.277. The number of nitrogens with two attached hydrogens (primary N) is 1. The molecule has 12 heterocycles. The number of nitrogens with zero attached hydrogens (tertiary/aromatic N) is 12. The number of hydrogen-bond acceptors (Lipinski definition) is 35. The first-order valence-electron chi connectivity index (χ1n) is 43.1. The van der Waals surface area contributed by atoms with E-state index in [1.807, 2.05) is 5.32 Å². The Hall–Kier alpha value is -12.3. The summed E-state index contributed by atoms with van der Waals surface area (Å²) in [6, 6.07) is 1.74. The van der Waals surface area contributed by atoms with Crippen molar-refractivity contribution in [1.29, 1.82) is 0 Å². The van der Waals surface area contributed by atoms with Gasteiger partial charge in [0.05, 0.1) is 41.1 Å². The SMILES string of the molecule is C[C@@H]1CC(=O)CCC[C@](O)(C(F)(F)F)c2nnc(o2)-c2nc(c(C(F)(F)F)cc2NC(=O)OC(C)(C)C)O1.C[C@@H]1CC(O)CCC[C@](O)(C(F)(F)F)c2nnc(o2)-c2nc(c(C(F)(F)F)cc2N)O1.C[C@@H]1CC(O)CCC[C@](O)(C(F)(F)F)c2nnc(o2)-c2nc(c(C(F)(F)F)cc2NC(=O)OC(C)(C)C)O1.C[C@@H]1CC(O)CCC[C@](O)(C(F)(F)F)c2nnc(o2)-c2nc(c(C(F)(F)F)cc2NC(=O)OC(C)(C)C)O1. The van der Waals surface area contributed by atoms with Crippen LogP contribution in [0.5, 0.6) is 23.5 Å². The van der Waals surface area contributed by atoms with Crippen LogP contribution in [-0.4, -0.2) is 205 Å². The number of pyridine rings is 4. The number of amides is 3. The summed E-state index contributed by atoms with van der Waals surface area (Å²) in [5.74, 6) is -13.0. The van der Waals surface area contributed by atoms with E-state index in [-0.39, 0.29) is 57.8 Å². The number of alkyl halides is 24. The predicted octanol–water partition coefficient (Wildman–Crippen LogP) is 18.2. The first-order chi connectivity index (χ1) is 66.1. The third kappa shape index (κ3) is 29.4. The molecular weight excluding hydrogens is 2030 g/mol. The monoisotopic (exact) mass is 2120 g/mol. The number of hydrogen-bond donors (Lipinski definition) is 11. The molecule has 3 unspecified atom stereocenters. The Balaban J connectivity index is 0.000000216. The maximum atomic E-state index is 13.9. The van der Waals surface area contributed by atoms with Crippen LogP contribution in [0.15, 0.2) is 41.9 Å². The summed E-state index contributed by atoms with van der Waals surface area (Å²) in [6.07, 6.45) is -60.4. The Kier molecular flexibility index (Phi) is 34.5. The van der Waals surface area contributed by atoms with Crippen LogP contribution < -0.4 is 40.6 Å². The van der Waals surface area contributed by atoms with Crippen LogP contribution in [0.25, 0.3) is 46.3 Å². The molecule has 3 amide bonds. The number of Topliss-reactive ketones (excluding diaryl/α,β-unsaturated/α-hetero) is 1. The number of ether oxygens (including phenoxy) is 7. The van der Waals surface area contributed by atoms with Gasteiger partial charge in [0.1, 0.15) is 69.3 Å². The predicted molar refractivity (Wildman–Crippen MR) is 441 cm³/mol. The first-order valence-corrected chi connectivity index (χ1v) is 43.1. The lowest BCUT2D eigenvalue weighted by atomic mass is 9.94. The summed E-state index contributed by atoms with van der Waals surface area (Å²) in [7, 11) is 0. The summed E-state index contributed by atoms with van der Waals surface area (Å²) < 4.78 is 388. The van der Waals surface area contributed by atoms with E-state index in [0.29, 0.717) is 24.3 Å². The molecule has 0 aliphatic carbocycles. The number of aromatic nitrogens is 12. The van der Waals surface area contributed by atoms with Gasteiger partial charge < -0.3 is 92.3 Å². The second-order valence-electron chi connectivity index (χ2n) is 36.6. The summed E-state index contributed by atoms with van der Waals surface area (Å²) in [5, 5.41) is 105. The third-order valence-electron chi connectivity index (χ3n) is 20.7. The second-order valence-corrected chi connectivity index (χ2v) is 36.6. The van der Waals surface area contributed by atoms with Gasteiger partial charge in [0.15, 0.2) is 22.8 Å². The molecular formula is C83H94F24N16O22. The van der Waals surface area contributed by atoms with Crippen molar-refractivity contribution >= 4 is 46.8 Å². The molecule has 806 valence electrons. The van der Waals surface area contributed by atoms with Gasteiger partial charge in [0, 0.05) is 32.1 Å². The summed E-state index contributed by atoms with van der Waals surface area (Å²) in [6.45, 7) is 18.7. The molecule has 38 nitrogen and oxygen atoms in total. The van der Waals surface area contributed by atoms with Crippen molar-refractivity contribution in [3.8, 4) is 69.9 Å². The van der Waals surface area contributed by atoms with Gasteiger partial charge in [-0.2, -0.15) is 105 Å². The maximum absolute atomic E-state index is 13.9. The second kappa shape index (κ2) is 43.0. The highest BCUT2D eigenvalue weighted by molar-refractivity contribution is 5.92. The molecule has 0 saturated carbocycles. The standard InChI is InChI=1S/2C22H26F6N4O6.C22H24F6N4O6.C17H18F6N4O4/c3*1-10-8-11(33)6-5-7-20(35,22(26,27)28)17-32-31-16(37-17)14-13(29-18(34)38-19(2,3)4)9-12(21(23,24)25)15(30-14)36-10;1-7-5-8(28)3-2-4-15(29,17(21,22)23)14-27-26-13(31-14)11-10(24)6-9(16(18,19)20)12(25-11)30-7/h2*9-11,33,35H,5-8H2,1-4H3,(H,29,34);9-10,35H,5-8H2,1-4H3,(H,29,34);6-8,28-29H,2-5,24H2,1H3/t2*10-,11?,20-;10-,20-;7-,8?,15-/m1111/s1. The van der Waals surface area contributed by atoms with E-state index in [2.05, 4.69) is 71.4 Å². The number of nitrogens with one attached hydrogen (secondary N) is 3. The largest absolute Gasteiger partial charge is 0.474 e. The van der Waals surface area contributed by atoms with Crippen LogP contribution in [-0.2, 0) is 66.1 Å². The fourth-order valence-electron chi connectivity index (χ4n) is 14.0. The molecule has 4 aliphatic heterocycles. The van der Waals surface area contributed by atoms with Gasteiger partial charge >= 0.3 is 67.7 Å². The molecule has 145 heavy (non-hydrogen) atoms. The van der Waals surface area contributed by atoms with Gasteiger partial charge in [-0.25, -0.2) is 34.3 Å². The number of aliphatic hydroxyl groups excluding tert-OH is 3. The number of fused-ring (bicyclic) bond motifs is 20. The highest BCUT2D eigenvalue weighted by Crippen LogP contribution is 2.53. The van der Waals surface area contributed by atoms with Crippen LogP contribution >= 0.6 is 0 Å². The molecule has 62 heteroatoms. The number of rotatable bonds is 3. The summed E-state index contributed by atoms with van der Waals surface area (Å²) in [5.41, 5.74) is -23.0. The average Bonchev–Trinajstić information content (AvgIpc) is 1.54. The van der Waals surface area contributed by atoms with Gasteiger partial charge in [0.25, 0.3) is 47.1 Å². The Bertz CT molecular complexity index is 5690. The molecule has 0 spiro atoms. The molecule has 0 aromatic carbocycles. The minimum absolute atomic E-state index is 0.193. The zero-order chi connectivity index (χ0) is 109. The normalized spacial score (nSPS) is 23.3. The van der Waals surface area contributed by atoms with E-state index >= 15 is 0 Å². The van der Waals surface area contributed by atoms with Gasteiger partial charge in [-0.3, -0.25) is 20.7 Å². The fourth-order valence-corrected chi connectivity index (χ4v) is 14.0. The summed E-state index contributed by atoms with van der Waals surface area (Å²) in [4.78, 5) is 64.2. The Morgan fingerprint density at radius 3 is 0.828 bits per heavy atom. The number of aliphatic hydroxyl groups is 7. The van der Waals surface area contributed by atoms with Crippen molar-refractivity contribution < 1.29 is 211 Å². The molecule has 12 N–H and O–H groups in total. The molecule has 0 radical (unpaired) electrons. The Labute approximate surface area is 802 Å². The molecule has 8 aromatic heterocycles. The number of halogens is 24. The molecule has 0 fully saturated rings. The van der Waals surface area contributed by atoms with Crippen molar-refractivity contribution in [2.45, 2.75) is 324 Å². The van der Waals surface area contributed by atoms with Crippen LogP contribution in [0, 0.1) is 0 Å². The molecule has 0 saturated heterocycles. The maximum Gasteiger partial charge on any atom is 0.426 e. The van der Waals surface area contributed by atoms with E-state index in [1.165, 1.54) is 90.0 Å². The Morgan fingerprint density at radius 2 is 0.586 bits per heavy atom. The van der Waals surface area contributed by atoms with E-state index in [4.69, 9.17) is 56.6 Å². The van der Waals surface area contributed by atoms with Gasteiger partial charge in [0.2, 0.25) is 45.9 Å². The van der Waals surface area contributed by atoms with Crippen LogP contribution in [0.2, 0.25) is 0 Å². The molecule has 11 atom stereocenters.